The number of carbonyl (C=O) groups excluding carboxylic acids is 2. The van der Waals surface area contributed by atoms with Crippen LogP contribution < -0.4 is 14.8 Å². The standard InChI is InChI=1S/C19H18N2O4S/c22-17-19(8-3-6-16-13(19)7-9-26-16)20-18(23)21(17)10-12-11-24-14-4-1-2-5-15(14)25-12/h1-2,4-5,7,9,12H,3,6,8,10-11H2,(H,20,23)/t12-,19-/m0/s1. The second kappa shape index (κ2) is 5.74. The van der Waals surface area contributed by atoms with Crippen LogP contribution in [0.25, 0.3) is 0 Å². The maximum absolute atomic E-state index is 13.2. The molecule has 3 aliphatic rings. The number of nitrogens with zero attached hydrogens (tertiary/aromatic N) is 1. The van der Waals surface area contributed by atoms with E-state index in [-0.39, 0.29) is 24.6 Å². The van der Waals surface area contributed by atoms with Gasteiger partial charge in [-0.3, -0.25) is 9.69 Å². The van der Waals surface area contributed by atoms with E-state index in [1.807, 2.05) is 35.7 Å². The van der Waals surface area contributed by atoms with Gasteiger partial charge in [0.25, 0.3) is 5.91 Å². The first kappa shape index (κ1) is 15.7. The number of imide groups is 1. The number of thiophene rings is 1. The van der Waals surface area contributed by atoms with Gasteiger partial charge in [-0.2, -0.15) is 0 Å². The van der Waals surface area contributed by atoms with E-state index in [1.54, 1.807) is 11.3 Å². The summed E-state index contributed by atoms with van der Waals surface area (Å²) >= 11 is 1.65. The molecule has 7 heteroatoms. The SMILES string of the molecule is O=C1N[C@]2(CCCc3sccc32)C(=O)N1C[C@H]1COc2ccccc2O1. The first-order valence-corrected chi connectivity index (χ1v) is 9.65. The van der Waals surface area contributed by atoms with Crippen molar-refractivity contribution in [2.75, 3.05) is 13.2 Å². The summed E-state index contributed by atoms with van der Waals surface area (Å²) in [7, 11) is 0. The Bertz CT molecular complexity index is 895. The topological polar surface area (TPSA) is 67.9 Å². The number of rotatable bonds is 2. The fourth-order valence-electron chi connectivity index (χ4n) is 4.06. The molecule has 134 valence electrons. The Morgan fingerprint density at radius 3 is 2.96 bits per heavy atom. The van der Waals surface area contributed by atoms with Crippen LogP contribution in [0.15, 0.2) is 35.7 Å². The highest BCUT2D eigenvalue weighted by Crippen LogP contribution is 2.42. The van der Waals surface area contributed by atoms with E-state index >= 15 is 0 Å². The summed E-state index contributed by atoms with van der Waals surface area (Å²) in [6, 6.07) is 9.04. The lowest BCUT2D eigenvalue weighted by atomic mass is 9.80. The number of aryl methyl sites for hydroxylation is 1. The molecule has 1 aromatic carbocycles. The van der Waals surface area contributed by atoms with Crippen LogP contribution in [0.4, 0.5) is 4.79 Å². The summed E-state index contributed by atoms with van der Waals surface area (Å²) in [6.07, 6.45) is 2.13. The molecular weight excluding hydrogens is 352 g/mol. The monoisotopic (exact) mass is 370 g/mol. The molecular formula is C19H18N2O4S. The predicted molar refractivity (Wildman–Crippen MR) is 95.5 cm³/mol. The third kappa shape index (κ3) is 2.23. The molecule has 2 aromatic rings. The van der Waals surface area contributed by atoms with E-state index in [9.17, 15) is 9.59 Å². The van der Waals surface area contributed by atoms with Gasteiger partial charge >= 0.3 is 6.03 Å². The van der Waals surface area contributed by atoms with Gasteiger partial charge in [0.1, 0.15) is 12.1 Å². The molecule has 1 saturated heterocycles. The minimum atomic E-state index is -0.905. The van der Waals surface area contributed by atoms with Crippen molar-refractivity contribution in [1.82, 2.24) is 10.2 Å². The van der Waals surface area contributed by atoms with E-state index in [1.165, 1.54) is 9.78 Å². The molecule has 1 aromatic heterocycles. The van der Waals surface area contributed by atoms with Crippen LogP contribution in [0.5, 0.6) is 11.5 Å². The average molecular weight is 370 g/mol. The summed E-state index contributed by atoms with van der Waals surface area (Å²) in [5, 5.41) is 4.96. The predicted octanol–water partition coefficient (Wildman–Crippen LogP) is 2.67. The molecule has 5 rings (SSSR count). The quantitative estimate of drug-likeness (QED) is 0.826. The number of fused-ring (bicyclic) bond motifs is 3. The first-order chi connectivity index (χ1) is 12.7. The van der Waals surface area contributed by atoms with E-state index in [0.717, 1.165) is 18.4 Å². The lowest BCUT2D eigenvalue weighted by molar-refractivity contribution is -0.133. The van der Waals surface area contributed by atoms with E-state index in [0.29, 0.717) is 24.5 Å². The summed E-state index contributed by atoms with van der Waals surface area (Å²) in [5.74, 6) is 1.15. The summed E-state index contributed by atoms with van der Waals surface area (Å²) in [5.41, 5.74) is 0.0544. The third-order valence-electron chi connectivity index (χ3n) is 5.29. The van der Waals surface area contributed by atoms with E-state index in [4.69, 9.17) is 9.47 Å². The Hall–Kier alpha value is -2.54. The molecule has 0 saturated carbocycles. The second-order valence-electron chi connectivity index (χ2n) is 6.86. The fraction of sp³-hybridized carbons (Fsp3) is 0.368. The van der Waals surface area contributed by atoms with Gasteiger partial charge in [0.2, 0.25) is 0 Å². The zero-order chi connectivity index (χ0) is 17.7. The van der Waals surface area contributed by atoms with Crippen LogP contribution in [-0.2, 0) is 16.8 Å². The number of carbonyl (C=O) groups is 2. The number of urea groups is 1. The van der Waals surface area contributed by atoms with Gasteiger partial charge < -0.3 is 14.8 Å². The highest BCUT2D eigenvalue weighted by atomic mass is 32.1. The average Bonchev–Trinajstić information content (AvgIpc) is 3.22. The van der Waals surface area contributed by atoms with Crippen molar-refractivity contribution in [3.05, 3.63) is 46.2 Å². The Morgan fingerprint density at radius 2 is 2.08 bits per heavy atom. The number of amides is 3. The molecule has 3 amide bonds. The first-order valence-electron chi connectivity index (χ1n) is 8.77. The number of benzene rings is 1. The van der Waals surface area contributed by atoms with Gasteiger partial charge in [0.05, 0.1) is 6.54 Å². The summed E-state index contributed by atoms with van der Waals surface area (Å²) < 4.78 is 11.6. The number of para-hydroxylation sites is 2. The van der Waals surface area contributed by atoms with Crippen LogP contribution in [-0.4, -0.2) is 36.1 Å². The lowest BCUT2D eigenvalue weighted by Crippen LogP contribution is -2.47. The molecule has 1 fully saturated rings. The van der Waals surface area contributed by atoms with Gasteiger partial charge in [-0.1, -0.05) is 12.1 Å². The molecule has 0 bridgehead atoms. The minimum absolute atomic E-state index is 0.177. The Kier molecular flexibility index (Phi) is 3.46. The molecule has 6 nitrogen and oxygen atoms in total. The van der Waals surface area contributed by atoms with E-state index in [2.05, 4.69) is 5.32 Å². The van der Waals surface area contributed by atoms with Crippen molar-refractivity contribution >= 4 is 23.3 Å². The second-order valence-corrected chi connectivity index (χ2v) is 7.86. The molecule has 1 N–H and O–H groups in total. The fourth-order valence-corrected chi connectivity index (χ4v) is 5.06. The van der Waals surface area contributed by atoms with Crippen molar-refractivity contribution in [3.8, 4) is 11.5 Å². The molecule has 0 unspecified atom stereocenters. The van der Waals surface area contributed by atoms with E-state index < -0.39 is 5.54 Å². The molecule has 0 radical (unpaired) electrons. The third-order valence-corrected chi connectivity index (χ3v) is 6.27. The van der Waals surface area contributed by atoms with Gasteiger partial charge in [0, 0.05) is 10.4 Å². The number of hydrogen-bond donors (Lipinski definition) is 1. The van der Waals surface area contributed by atoms with Crippen molar-refractivity contribution < 1.29 is 19.1 Å². The smallest absolute Gasteiger partial charge is 0.325 e. The van der Waals surface area contributed by atoms with Gasteiger partial charge in [-0.15, -0.1) is 11.3 Å². The zero-order valence-corrected chi connectivity index (χ0v) is 14.9. The van der Waals surface area contributed by atoms with Gasteiger partial charge in [0.15, 0.2) is 17.6 Å². The van der Waals surface area contributed by atoms with Crippen molar-refractivity contribution in [1.29, 1.82) is 0 Å². The van der Waals surface area contributed by atoms with Crippen LogP contribution in [0.1, 0.15) is 23.3 Å². The molecule has 1 aliphatic carbocycles. The number of hydrogen-bond acceptors (Lipinski definition) is 5. The highest BCUT2D eigenvalue weighted by molar-refractivity contribution is 7.10. The van der Waals surface area contributed by atoms with Crippen LogP contribution in [0.3, 0.4) is 0 Å². The maximum atomic E-state index is 13.2. The van der Waals surface area contributed by atoms with Gasteiger partial charge in [-0.25, -0.2) is 4.79 Å². The highest BCUT2D eigenvalue weighted by Gasteiger charge is 2.54. The Labute approximate surface area is 154 Å². The van der Waals surface area contributed by atoms with Crippen LogP contribution in [0, 0.1) is 0 Å². The largest absolute Gasteiger partial charge is 0.486 e. The number of ether oxygens (including phenoxy) is 2. The molecule has 26 heavy (non-hydrogen) atoms. The lowest BCUT2D eigenvalue weighted by Gasteiger charge is -2.32. The maximum Gasteiger partial charge on any atom is 0.325 e. The Morgan fingerprint density at radius 1 is 1.23 bits per heavy atom. The summed E-state index contributed by atoms with van der Waals surface area (Å²) in [4.78, 5) is 28.3. The van der Waals surface area contributed by atoms with Crippen molar-refractivity contribution in [3.63, 3.8) is 0 Å². The minimum Gasteiger partial charge on any atom is -0.486 e. The zero-order valence-electron chi connectivity index (χ0n) is 14.1. The van der Waals surface area contributed by atoms with Crippen LogP contribution in [0.2, 0.25) is 0 Å². The normalized spacial score (nSPS) is 26.8. The molecule has 2 aliphatic heterocycles. The van der Waals surface area contributed by atoms with Crippen molar-refractivity contribution in [2.24, 2.45) is 0 Å². The molecule has 3 heterocycles. The summed E-state index contributed by atoms with van der Waals surface area (Å²) in [6.45, 7) is 0.491. The van der Waals surface area contributed by atoms with Crippen LogP contribution >= 0.6 is 11.3 Å². The molecule has 1 spiro atoms. The van der Waals surface area contributed by atoms with Gasteiger partial charge in [-0.05, 0) is 42.8 Å². The molecule has 2 atom stereocenters. The number of nitrogens with one attached hydrogen (secondary N) is 1. The Balaban J connectivity index is 1.39. The van der Waals surface area contributed by atoms with Crippen molar-refractivity contribution in [2.45, 2.75) is 30.9 Å².